The molecule has 2 N–H and O–H groups in total. The summed E-state index contributed by atoms with van der Waals surface area (Å²) in [6.07, 6.45) is 1.21. The third kappa shape index (κ3) is 4.10. The first-order valence-corrected chi connectivity index (χ1v) is 6.05. The zero-order valence-corrected chi connectivity index (χ0v) is 10.9. The van der Waals surface area contributed by atoms with Crippen LogP contribution in [0.15, 0.2) is 0 Å². The van der Waals surface area contributed by atoms with Gasteiger partial charge in [0.1, 0.15) is 6.10 Å². The first-order valence-electron chi connectivity index (χ1n) is 6.05. The lowest BCUT2D eigenvalue weighted by molar-refractivity contribution is -0.163. The van der Waals surface area contributed by atoms with E-state index in [4.69, 9.17) is 15.2 Å². The zero-order chi connectivity index (χ0) is 12.6. The molecule has 0 saturated heterocycles. The molecule has 0 spiro atoms. The molecule has 0 aromatic heterocycles. The Morgan fingerprint density at radius 1 is 1.31 bits per heavy atom. The third-order valence-electron chi connectivity index (χ3n) is 3.04. The van der Waals surface area contributed by atoms with Crippen molar-refractivity contribution in [2.75, 3.05) is 19.8 Å². The quantitative estimate of drug-likeness (QED) is 0.646. The normalized spacial score (nSPS) is 13.6. The van der Waals surface area contributed by atoms with E-state index in [-0.39, 0.29) is 12.1 Å². The van der Waals surface area contributed by atoms with Gasteiger partial charge in [-0.3, -0.25) is 4.79 Å². The molecular formula is C12H25NO3. The number of carbonyl (C=O) groups excluding carboxylic acids is 1. The van der Waals surface area contributed by atoms with E-state index in [1.54, 1.807) is 0 Å². The predicted octanol–water partition coefficient (Wildman–Crippen LogP) is 1.72. The Morgan fingerprint density at radius 2 is 1.88 bits per heavy atom. The van der Waals surface area contributed by atoms with Gasteiger partial charge in [0.25, 0.3) is 0 Å². The minimum absolute atomic E-state index is 0.202. The first-order chi connectivity index (χ1) is 7.56. The van der Waals surface area contributed by atoms with Crippen LogP contribution < -0.4 is 5.73 Å². The van der Waals surface area contributed by atoms with Gasteiger partial charge in [0.05, 0.1) is 12.0 Å². The summed E-state index contributed by atoms with van der Waals surface area (Å²) < 4.78 is 10.5. The minimum Gasteiger partial charge on any atom is -0.460 e. The fourth-order valence-electron chi connectivity index (χ4n) is 1.54. The predicted molar refractivity (Wildman–Crippen MR) is 64.1 cm³/mol. The average molecular weight is 231 g/mol. The zero-order valence-electron chi connectivity index (χ0n) is 10.9. The van der Waals surface area contributed by atoms with Crippen molar-refractivity contribution in [3.63, 3.8) is 0 Å². The number of nitrogens with two attached hydrogens (primary N) is 1. The summed E-state index contributed by atoms with van der Waals surface area (Å²) in [5.41, 5.74) is 5.15. The molecule has 4 nitrogen and oxygen atoms in total. The van der Waals surface area contributed by atoms with Crippen LogP contribution >= 0.6 is 0 Å². The molecular weight excluding hydrogens is 206 g/mol. The molecule has 0 aliphatic rings. The molecule has 0 saturated carbocycles. The minimum atomic E-state index is -0.527. The van der Waals surface area contributed by atoms with E-state index in [0.717, 1.165) is 0 Å². The molecule has 16 heavy (non-hydrogen) atoms. The van der Waals surface area contributed by atoms with Crippen LogP contribution in [0.1, 0.15) is 40.5 Å². The summed E-state index contributed by atoms with van der Waals surface area (Å²) in [5.74, 6) is -0.202. The summed E-state index contributed by atoms with van der Waals surface area (Å²) in [6, 6.07) is 0. The van der Waals surface area contributed by atoms with Gasteiger partial charge < -0.3 is 15.2 Å². The van der Waals surface area contributed by atoms with E-state index in [1.807, 2.05) is 27.7 Å². The Labute approximate surface area is 98.5 Å². The lowest BCUT2D eigenvalue weighted by Gasteiger charge is -2.29. The summed E-state index contributed by atoms with van der Waals surface area (Å²) in [5, 5.41) is 0. The van der Waals surface area contributed by atoms with Gasteiger partial charge in [-0.25, -0.2) is 0 Å². The van der Waals surface area contributed by atoms with Crippen LogP contribution in [0.4, 0.5) is 0 Å². The Bertz CT molecular complexity index is 194. The van der Waals surface area contributed by atoms with Crippen molar-refractivity contribution in [1.82, 2.24) is 0 Å². The highest BCUT2D eigenvalue weighted by molar-refractivity contribution is 5.77. The smallest absolute Gasteiger partial charge is 0.313 e. The SMILES string of the molecule is CCOCC(C)OC(=O)C(CC)(CC)CN. The molecule has 0 heterocycles. The van der Waals surface area contributed by atoms with Crippen molar-refractivity contribution in [2.24, 2.45) is 11.1 Å². The molecule has 0 rings (SSSR count). The fraction of sp³-hybridized carbons (Fsp3) is 0.917. The fourth-order valence-corrected chi connectivity index (χ4v) is 1.54. The Hall–Kier alpha value is -0.610. The second kappa shape index (κ2) is 7.63. The number of hydrogen-bond acceptors (Lipinski definition) is 4. The summed E-state index contributed by atoms with van der Waals surface area (Å²) in [4.78, 5) is 12.0. The maximum Gasteiger partial charge on any atom is 0.313 e. The molecule has 0 fully saturated rings. The molecule has 96 valence electrons. The maximum absolute atomic E-state index is 12.0. The van der Waals surface area contributed by atoms with Gasteiger partial charge in [0, 0.05) is 13.2 Å². The molecule has 0 bridgehead atoms. The largest absolute Gasteiger partial charge is 0.460 e. The molecule has 0 aliphatic carbocycles. The summed E-state index contributed by atoms with van der Waals surface area (Å²) >= 11 is 0. The van der Waals surface area contributed by atoms with E-state index in [2.05, 4.69) is 0 Å². The van der Waals surface area contributed by atoms with Gasteiger partial charge in [-0.2, -0.15) is 0 Å². The third-order valence-corrected chi connectivity index (χ3v) is 3.04. The Morgan fingerprint density at radius 3 is 2.25 bits per heavy atom. The van der Waals surface area contributed by atoms with Gasteiger partial charge in [-0.05, 0) is 26.7 Å². The Balaban J connectivity index is 4.30. The van der Waals surface area contributed by atoms with Crippen molar-refractivity contribution in [3.8, 4) is 0 Å². The highest BCUT2D eigenvalue weighted by Gasteiger charge is 2.35. The van der Waals surface area contributed by atoms with Crippen LogP contribution in [0.5, 0.6) is 0 Å². The molecule has 0 radical (unpaired) electrons. The molecule has 4 heteroatoms. The number of esters is 1. The second-order valence-corrected chi connectivity index (χ2v) is 4.07. The van der Waals surface area contributed by atoms with Crippen LogP contribution in [-0.2, 0) is 14.3 Å². The number of carbonyl (C=O) groups is 1. The average Bonchev–Trinajstić information content (AvgIpc) is 2.29. The van der Waals surface area contributed by atoms with Crippen LogP contribution in [0, 0.1) is 5.41 Å². The van der Waals surface area contributed by atoms with Gasteiger partial charge in [0.2, 0.25) is 0 Å². The van der Waals surface area contributed by atoms with Gasteiger partial charge >= 0.3 is 5.97 Å². The van der Waals surface area contributed by atoms with Crippen molar-refractivity contribution in [2.45, 2.75) is 46.6 Å². The standard InChI is InChI=1S/C12H25NO3/c1-5-12(6-2,9-13)11(14)16-10(4)8-15-7-3/h10H,5-9,13H2,1-4H3. The topological polar surface area (TPSA) is 61.5 Å². The number of hydrogen-bond donors (Lipinski definition) is 1. The van der Waals surface area contributed by atoms with Gasteiger partial charge in [-0.1, -0.05) is 13.8 Å². The number of ether oxygens (including phenoxy) is 2. The molecule has 1 atom stereocenters. The van der Waals surface area contributed by atoms with Crippen molar-refractivity contribution >= 4 is 5.97 Å². The summed E-state index contributed by atoms with van der Waals surface area (Å²) in [6.45, 7) is 9.08. The van der Waals surface area contributed by atoms with Crippen LogP contribution in [0.25, 0.3) is 0 Å². The van der Waals surface area contributed by atoms with Crippen molar-refractivity contribution in [1.29, 1.82) is 0 Å². The van der Waals surface area contributed by atoms with E-state index in [1.165, 1.54) is 0 Å². The summed E-state index contributed by atoms with van der Waals surface area (Å²) in [7, 11) is 0. The molecule has 0 amide bonds. The van der Waals surface area contributed by atoms with Crippen LogP contribution in [0.3, 0.4) is 0 Å². The lowest BCUT2D eigenvalue weighted by atomic mass is 9.82. The van der Waals surface area contributed by atoms with Gasteiger partial charge in [0.15, 0.2) is 0 Å². The molecule has 0 aliphatic heterocycles. The first kappa shape index (κ1) is 15.4. The van der Waals surface area contributed by atoms with E-state index in [9.17, 15) is 4.79 Å². The van der Waals surface area contributed by atoms with Crippen molar-refractivity contribution < 1.29 is 14.3 Å². The Kier molecular flexibility index (Phi) is 7.34. The highest BCUT2D eigenvalue weighted by atomic mass is 16.6. The van der Waals surface area contributed by atoms with E-state index < -0.39 is 5.41 Å². The second-order valence-electron chi connectivity index (χ2n) is 4.07. The van der Waals surface area contributed by atoms with E-state index in [0.29, 0.717) is 32.6 Å². The van der Waals surface area contributed by atoms with Crippen molar-refractivity contribution in [3.05, 3.63) is 0 Å². The highest BCUT2D eigenvalue weighted by Crippen LogP contribution is 2.27. The van der Waals surface area contributed by atoms with E-state index >= 15 is 0 Å². The van der Waals surface area contributed by atoms with Gasteiger partial charge in [-0.15, -0.1) is 0 Å². The molecule has 0 aromatic carbocycles. The molecule has 1 unspecified atom stereocenters. The molecule has 0 aromatic rings. The lowest BCUT2D eigenvalue weighted by Crippen LogP contribution is -2.41. The van der Waals surface area contributed by atoms with Crippen LogP contribution in [0.2, 0.25) is 0 Å². The monoisotopic (exact) mass is 231 g/mol. The van der Waals surface area contributed by atoms with Crippen LogP contribution in [-0.4, -0.2) is 31.8 Å². The number of rotatable bonds is 8. The maximum atomic E-state index is 12.0.